The van der Waals surface area contributed by atoms with Crippen LogP contribution in [0.25, 0.3) is 10.9 Å². The first-order valence-corrected chi connectivity index (χ1v) is 7.60. The maximum Gasteiger partial charge on any atom is 0.302 e. The number of aromatic amines is 1. The number of aromatic hydroxyl groups is 1. The molecule has 0 atom stereocenters. The van der Waals surface area contributed by atoms with Crippen LogP contribution in [0, 0.1) is 19.7 Å². The predicted molar refractivity (Wildman–Crippen MR) is 90.9 cm³/mol. The highest BCUT2D eigenvalue weighted by atomic mass is 19.1. The number of hydrogen-bond donors (Lipinski definition) is 2. The molecule has 0 radical (unpaired) electrons. The third-order valence-electron chi connectivity index (χ3n) is 3.91. The minimum absolute atomic E-state index is 0.0351. The van der Waals surface area contributed by atoms with Crippen LogP contribution in [0.1, 0.15) is 11.1 Å². The fraction of sp³-hybridized carbons (Fsp3) is 0.167. The molecule has 0 saturated carbocycles. The maximum atomic E-state index is 13.4. The average Bonchev–Trinajstić information content (AvgIpc) is 2.92. The zero-order chi connectivity index (χ0) is 18.0. The lowest BCUT2D eigenvalue weighted by Gasteiger charge is -2.03. The lowest BCUT2D eigenvalue weighted by Crippen LogP contribution is -2.08. The number of fused-ring (bicyclic) bond motifs is 1. The Kier molecular flexibility index (Phi) is 4.47. The van der Waals surface area contributed by atoms with E-state index in [4.69, 9.17) is 4.74 Å². The summed E-state index contributed by atoms with van der Waals surface area (Å²) in [5.74, 6) is -1.46. The van der Waals surface area contributed by atoms with E-state index >= 15 is 0 Å². The van der Waals surface area contributed by atoms with Gasteiger partial charge in [0.2, 0.25) is 5.88 Å². The molecular formula is C18H16FN3O3. The molecule has 128 valence electrons. The number of rotatable bonds is 4. The largest absolute Gasteiger partial charge is 0.493 e. The first-order valence-electron chi connectivity index (χ1n) is 7.60. The molecule has 1 aromatic heterocycles. The van der Waals surface area contributed by atoms with Gasteiger partial charge in [-0.3, -0.25) is 4.79 Å². The number of carbonyl (C=O) groups is 1. The van der Waals surface area contributed by atoms with Crippen molar-refractivity contribution in [2.45, 2.75) is 13.8 Å². The molecule has 2 aromatic carbocycles. The summed E-state index contributed by atoms with van der Waals surface area (Å²) in [6, 6.07) is 9.45. The lowest BCUT2D eigenvalue weighted by molar-refractivity contribution is -0.120. The number of azo groups is 1. The Balaban J connectivity index is 1.77. The number of carbonyl (C=O) groups excluding carboxylic acids is 1. The number of para-hydroxylation sites is 1. The number of aryl methyl sites for hydroxylation is 2. The molecule has 3 aromatic rings. The van der Waals surface area contributed by atoms with Crippen LogP contribution in [0.4, 0.5) is 10.1 Å². The van der Waals surface area contributed by atoms with Gasteiger partial charge in [0.25, 0.3) is 0 Å². The van der Waals surface area contributed by atoms with Crippen molar-refractivity contribution in [3.63, 3.8) is 0 Å². The molecule has 0 aliphatic rings. The van der Waals surface area contributed by atoms with Crippen molar-refractivity contribution >= 4 is 22.5 Å². The fourth-order valence-corrected chi connectivity index (χ4v) is 2.42. The van der Waals surface area contributed by atoms with Gasteiger partial charge < -0.3 is 14.8 Å². The number of H-pyrrole nitrogens is 1. The van der Waals surface area contributed by atoms with Crippen LogP contribution < -0.4 is 4.74 Å². The molecule has 25 heavy (non-hydrogen) atoms. The van der Waals surface area contributed by atoms with Crippen LogP contribution >= 0.6 is 0 Å². The summed E-state index contributed by atoms with van der Waals surface area (Å²) < 4.78 is 18.5. The lowest BCUT2D eigenvalue weighted by atomic mass is 10.1. The molecule has 0 bridgehead atoms. The molecule has 1 amide bonds. The summed E-state index contributed by atoms with van der Waals surface area (Å²) in [6.07, 6.45) is 0. The van der Waals surface area contributed by atoms with Crippen LogP contribution in [-0.2, 0) is 4.79 Å². The molecule has 0 saturated heterocycles. The SMILES string of the molecule is Cc1ccc2c(N=NC(=O)COc3ccccc3F)c(O)[nH]c2c1C. The molecule has 2 N–H and O–H groups in total. The number of hydrogen-bond acceptors (Lipinski definition) is 4. The molecule has 0 aliphatic carbocycles. The van der Waals surface area contributed by atoms with Crippen molar-refractivity contribution in [2.75, 3.05) is 6.61 Å². The van der Waals surface area contributed by atoms with Gasteiger partial charge in [0.1, 0.15) is 0 Å². The Labute approximate surface area is 143 Å². The van der Waals surface area contributed by atoms with E-state index in [1.807, 2.05) is 19.9 Å². The topological polar surface area (TPSA) is 87.0 Å². The van der Waals surface area contributed by atoms with E-state index in [9.17, 15) is 14.3 Å². The number of amides is 1. The third-order valence-corrected chi connectivity index (χ3v) is 3.91. The van der Waals surface area contributed by atoms with Crippen molar-refractivity contribution in [3.8, 4) is 11.6 Å². The van der Waals surface area contributed by atoms with Gasteiger partial charge >= 0.3 is 5.91 Å². The van der Waals surface area contributed by atoms with Crippen LogP contribution in [0.15, 0.2) is 46.6 Å². The first-order chi connectivity index (χ1) is 12.0. The Morgan fingerprint density at radius 3 is 2.76 bits per heavy atom. The van der Waals surface area contributed by atoms with Gasteiger partial charge in [-0.2, -0.15) is 0 Å². The molecular weight excluding hydrogens is 325 g/mol. The summed E-state index contributed by atoms with van der Waals surface area (Å²) in [7, 11) is 0. The smallest absolute Gasteiger partial charge is 0.302 e. The highest BCUT2D eigenvalue weighted by Crippen LogP contribution is 2.37. The standard InChI is InChI=1S/C18H16FN3O3/c1-10-7-8-12-16(11(10)2)20-18(24)17(12)22-21-15(23)9-25-14-6-4-3-5-13(14)19/h3-8,20,24H,9H2,1-2H3. The molecule has 0 aliphatic heterocycles. The quantitative estimate of drug-likeness (QED) is 0.693. The van der Waals surface area contributed by atoms with E-state index in [1.54, 1.807) is 12.1 Å². The molecule has 0 fully saturated rings. The highest BCUT2D eigenvalue weighted by Gasteiger charge is 2.14. The summed E-state index contributed by atoms with van der Waals surface area (Å²) in [6.45, 7) is 3.42. The van der Waals surface area contributed by atoms with Gasteiger partial charge in [-0.05, 0) is 37.1 Å². The number of aromatic nitrogens is 1. The summed E-state index contributed by atoms with van der Waals surface area (Å²) in [5.41, 5.74) is 2.95. The van der Waals surface area contributed by atoms with Gasteiger partial charge in [-0.15, -0.1) is 10.2 Å². The number of benzene rings is 2. The Hall–Kier alpha value is -3.22. The van der Waals surface area contributed by atoms with E-state index in [-0.39, 0.29) is 17.3 Å². The van der Waals surface area contributed by atoms with Gasteiger partial charge in [0, 0.05) is 5.39 Å². The van der Waals surface area contributed by atoms with Gasteiger partial charge in [-0.1, -0.05) is 24.3 Å². The van der Waals surface area contributed by atoms with Crippen LogP contribution in [0.5, 0.6) is 11.6 Å². The van der Waals surface area contributed by atoms with E-state index < -0.39 is 18.3 Å². The summed E-state index contributed by atoms with van der Waals surface area (Å²) >= 11 is 0. The average molecular weight is 341 g/mol. The second-order valence-corrected chi connectivity index (χ2v) is 5.57. The second kappa shape index (κ2) is 6.72. The zero-order valence-electron chi connectivity index (χ0n) is 13.7. The van der Waals surface area contributed by atoms with Crippen molar-refractivity contribution in [2.24, 2.45) is 10.2 Å². The number of nitrogens with one attached hydrogen (secondary N) is 1. The van der Waals surface area contributed by atoms with Crippen LogP contribution in [-0.4, -0.2) is 22.6 Å². The van der Waals surface area contributed by atoms with E-state index in [0.29, 0.717) is 5.39 Å². The molecule has 6 nitrogen and oxygen atoms in total. The van der Waals surface area contributed by atoms with Crippen molar-refractivity contribution in [3.05, 3.63) is 53.3 Å². The summed E-state index contributed by atoms with van der Waals surface area (Å²) in [5, 5.41) is 18.0. The van der Waals surface area contributed by atoms with E-state index in [1.165, 1.54) is 18.2 Å². The normalized spacial score (nSPS) is 11.3. The molecule has 0 unspecified atom stereocenters. The van der Waals surface area contributed by atoms with Gasteiger partial charge in [-0.25, -0.2) is 4.39 Å². The third kappa shape index (κ3) is 3.35. The first kappa shape index (κ1) is 16.6. The summed E-state index contributed by atoms with van der Waals surface area (Å²) in [4.78, 5) is 14.6. The van der Waals surface area contributed by atoms with E-state index in [2.05, 4.69) is 15.2 Å². The van der Waals surface area contributed by atoms with Crippen molar-refractivity contribution in [1.29, 1.82) is 0 Å². The Morgan fingerprint density at radius 1 is 1.24 bits per heavy atom. The Morgan fingerprint density at radius 2 is 2.00 bits per heavy atom. The highest BCUT2D eigenvalue weighted by molar-refractivity contribution is 5.96. The minimum atomic E-state index is -0.694. The monoisotopic (exact) mass is 341 g/mol. The van der Waals surface area contributed by atoms with Crippen LogP contribution in [0.2, 0.25) is 0 Å². The van der Waals surface area contributed by atoms with Gasteiger partial charge in [0.15, 0.2) is 23.9 Å². The van der Waals surface area contributed by atoms with Crippen LogP contribution in [0.3, 0.4) is 0 Å². The molecule has 0 spiro atoms. The maximum absolute atomic E-state index is 13.4. The molecule has 3 rings (SSSR count). The van der Waals surface area contributed by atoms with Crippen molar-refractivity contribution < 1.29 is 19.0 Å². The van der Waals surface area contributed by atoms with Gasteiger partial charge in [0.05, 0.1) is 5.52 Å². The second-order valence-electron chi connectivity index (χ2n) is 5.57. The number of halogens is 1. The Bertz CT molecular complexity index is 979. The zero-order valence-corrected chi connectivity index (χ0v) is 13.7. The van der Waals surface area contributed by atoms with Crippen molar-refractivity contribution in [1.82, 2.24) is 4.98 Å². The number of ether oxygens (including phenoxy) is 1. The minimum Gasteiger partial charge on any atom is -0.493 e. The predicted octanol–water partition coefficient (Wildman–Crippen LogP) is 4.32. The fourth-order valence-electron chi connectivity index (χ4n) is 2.42. The molecule has 7 heteroatoms. The molecule has 1 heterocycles. The number of nitrogens with zero attached hydrogens (tertiary/aromatic N) is 2. The van der Waals surface area contributed by atoms with E-state index in [0.717, 1.165) is 16.6 Å².